The van der Waals surface area contributed by atoms with E-state index in [9.17, 15) is 9.59 Å². The fourth-order valence-electron chi connectivity index (χ4n) is 3.73. The summed E-state index contributed by atoms with van der Waals surface area (Å²) in [4.78, 5) is 26.8. The highest BCUT2D eigenvalue weighted by Crippen LogP contribution is 2.25. The van der Waals surface area contributed by atoms with Crippen LogP contribution in [-0.4, -0.2) is 36.3 Å². The molecule has 0 radical (unpaired) electrons. The molecular weight excluding hydrogens is 338 g/mol. The number of nitrogens with one attached hydrogen (secondary N) is 1. The second-order valence-electron chi connectivity index (χ2n) is 7.05. The maximum absolute atomic E-state index is 12.6. The number of hydrogen-bond acceptors (Lipinski definition) is 3. The number of carbonyl (C=O) groups excluding carboxylic acids is 2. The van der Waals surface area contributed by atoms with Crippen molar-refractivity contribution in [2.75, 3.05) is 25.0 Å². The summed E-state index contributed by atoms with van der Waals surface area (Å²) in [7, 11) is 0. The van der Waals surface area contributed by atoms with Gasteiger partial charge in [-0.15, -0.1) is 12.4 Å². The zero-order valence-electron chi connectivity index (χ0n) is 14.6. The SMILES string of the molecule is Cl.NCC1CCN(C(=O)c2cccc(NC(=O)C3CCCCC3)c2)C1. The number of anilines is 1. The molecule has 1 unspecified atom stereocenters. The van der Waals surface area contributed by atoms with Gasteiger partial charge in [0.1, 0.15) is 0 Å². The van der Waals surface area contributed by atoms with Crippen LogP contribution in [0.1, 0.15) is 48.9 Å². The van der Waals surface area contributed by atoms with E-state index in [0.717, 1.165) is 45.2 Å². The summed E-state index contributed by atoms with van der Waals surface area (Å²) in [5, 5.41) is 2.99. The standard InChI is InChI=1S/C19H27N3O2.ClH/c20-12-14-9-10-22(13-14)19(24)16-7-4-8-17(11-16)21-18(23)15-5-2-1-3-6-15;/h4,7-8,11,14-15H,1-3,5-6,9-10,12-13,20H2,(H,21,23);1H. The van der Waals surface area contributed by atoms with Crippen LogP contribution in [0, 0.1) is 11.8 Å². The van der Waals surface area contributed by atoms with E-state index < -0.39 is 0 Å². The molecule has 1 saturated carbocycles. The molecule has 1 heterocycles. The van der Waals surface area contributed by atoms with E-state index in [-0.39, 0.29) is 30.1 Å². The summed E-state index contributed by atoms with van der Waals surface area (Å²) in [5.74, 6) is 0.633. The Kier molecular flexibility index (Phi) is 7.26. The maximum Gasteiger partial charge on any atom is 0.253 e. The molecule has 138 valence electrons. The Balaban J connectivity index is 0.00000225. The van der Waals surface area contributed by atoms with Crippen molar-refractivity contribution in [3.05, 3.63) is 29.8 Å². The van der Waals surface area contributed by atoms with Crippen molar-refractivity contribution >= 4 is 29.9 Å². The van der Waals surface area contributed by atoms with Gasteiger partial charge in [-0.1, -0.05) is 25.3 Å². The molecule has 1 atom stereocenters. The lowest BCUT2D eigenvalue weighted by molar-refractivity contribution is -0.120. The van der Waals surface area contributed by atoms with E-state index in [4.69, 9.17) is 5.73 Å². The molecule has 1 aromatic rings. The van der Waals surface area contributed by atoms with E-state index in [1.165, 1.54) is 6.42 Å². The van der Waals surface area contributed by atoms with Crippen molar-refractivity contribution in [3.8, 4) is 0 Å². The average molecular weight is 366 g/mol. The summed E-state index contributed by atoms with van der Waals surface area (Å²) >= 11 is 0. The molecule has 3 rings (SSSR count). The van der Waals surface area contributed by atoms with E-state index in [1.54, 1.807) is 6.07 Å². The van der Waals surface area contributed by atoms with Crippen molar-refractivity contribution in [1.29, 1.82) is 0 Å². The Morgan fingerprint density at radius 1 is 1.16 bits per heavy atom. The van der Waals surface area contributed by atoms with Gasteiger partial charge in [0.2, 0.25) is 5.91 Å². The minimum absolute atomic E-state index is 0. The highest BCUT2D eigenvalue weighted by Gasteiger charge is 2.26. The van der Waals surface area contributed by atoms with Gasteiger partial charge in [0.25, 0.3) is 5.91 Å². The van der Waals surface area contributed by atoms with Gasteiger partial charge in [-0.3, -0.25) is 9.59 Å². The molecule has 1 aromatic carbocycles. The summed E-state index contributed by atoms with van der Waals surface area (Å²) in [6, 6.07) is 7.29. The molecule has 25 heavy (non-hydrogen) atoms. The van der Waals surface area contributed by atoms with E-state index >= 15 is 0 Å². The van der Waals surface area contributed by atoms with E-state index in [0.29, 0.717) is 23.7 Å². The molecule has 6 heteroatoms. The van der Waals surface area contributed by atoms with Gasteiger partial charge in [0.15, 0.2) is 0 Å². The minimum Gasteiger partial charge on any atom is -0.338 e. The number of rotatable bonds is 4. The molecule has 0 bridgehead atoms. The molecule has 5 nitrogen and oxygen atoms in total. The van der Waals surface area contributed by atoms with E-state index in [1.807, 2.05) is 23.1 Å². The summed E-state index contributed by atoms with van der Waals surface area (Å²) in [6.07, 6.45) is 6.41. The number of halogens is 1. The van der Waals surface area contributed by atoms with Gasteiger partial charge in [-0.25, -0.2) is 0 Å². The van der Waals surface area contributed by atoms with Crippen LogP contribution in [0.2, 0.25) is 0 Å². The largest absolute Gasteiger partial charge is 0.338 e. The molecule has 1 aliphatic heterocycles. The molecule has 3 N–H and O–H groups in total. The number of nitrogens with zero attached hydrogens (tertiary/aromatic N) is 1. The lowest BCUT2D eigenvalue weighted by atomic mass is 9.88. The zero-order valence-corrected chi connectivity index (χ0v) is 15.4. The van der Waals surface area contributed by atoms with Crippen molar-refractivity contribution in [2.45, 2.75) is 38.5 Å². The third kappa shape index (κ3) is 4.95. The number of likely N-dealkylation sites (tertiary alicyclic amines) is 1. The number of benzene rings is 1. The van der Waals surface area contributed by atoms with Crippen LogP contribution in [0.3, 0.4) is 0 Å². The van der Waals surface area contributed by atoms with Crippen molar-refractivity contribution in [1.82, 2.24) is 4.90 Å². The Hall–Kier alpha value is -1.59. The van der Waals surface area contributed by atoms with Crippen molar-refractivity contribution < 1.29 is 9.59 Å². The van der Waals surface area contributed by atoms with Crippen LogP contribution in [0.25, 0.3) is 0 Å². The Morgan fingerprint density at radius 3 is 2.60 bits per heavy atom. The third-order valence-corrected chi connectivity index (χ3v) is 5.26. The van der Waals surface area contributed by atoms with Gasteiger partial charge in [0, 0.05) is 30.3 Å². The smallest absolute Gasteiger partial charge is 0.253 e. The highest BCUT2D eigenvalue weighted by atomic mass is 35.5. The maximum atomic E-state index is 12.6. The van der Waals surface area contributed by atoms with Crippen LogP contribution in [-0.2, 0) is 4.79 Å². The van der Waals surface area contributed by atoms with Crippen LogP contribution in [0.5, 0.6) is 0 Å². The van der Waals surface area contributed by atoms with Crippen LogP contribution < -0.4 is 11.1 Å². The monoisotopic (exact) mass is 365 g/mol. The minimum atomic E-state index is 0. The number of amides is 2. The van der Waals surface area contributed by atoms with Gasteiger partial charge in [-0.05, 0) is 49.9 Å². The topological polar surface area (TPSA) is 75.4 Å². The number of hydrogen-bond donors (Lipinski definition) is 2. The Bertz CT molecular complexity index is 602. The van der Waals surface area contributed by atoms with Gasteiger partial charge >= 0.3 is 0 Å². The second-order valence-corrected chi connectivity index (χ2v) is 7.05. The predicted octanol–water partition coefficient (Wildman–Crippen LogP) is 3.05. The molecule has 0 aromatic heterocycles. The van der Waals surface area contributed by atoms with Crippen LogP contribution >= 0.6 is 12.4 Å². The lowest BCUT2D eigenvalue weighted by Crippen LogP contribution is -2.30. The first-order chi connectivity index (χ1) is 11.7. The first-order valence-electron chi connectivity index (χ1n) is 9.07. The van der Waals surface area contributed by atoms with Gasteiger partial charge in [0.05, 0.1) is 0 Å². The summed E-state index contributed by atoms with van der Waals surface area (Å²) < 4.78 is 0. The van der Waals surface area contributed by atoms with Crippen LogP contribution in [0.4, 0.5) is 5.69 Å². The second kappa shape index (κ2) is 9.20. The molecule has 1 saturated heterocycles. The molecule has 2 amide bonds. The molecule has 1 aliphatic carbocycles. The van der Waals surface area contributed by atoms with Gasteiger partial charge < -0.3 is 16.0 Å². The van der Waals surface area contributed by atoms with Crippen molar-refractivity contribution in [2.24, 2.45) is 17.6 Å². The molecule has 0 spiro atoms. The lowest BCUT2D eigenvalue weighted by Gasteiger charge is -2.21. The number of nitrogens with two attached hydrogens (primary N) is 1. The van der Waals surface area contributed by atoms with Crippen molar-refractivity contribution in [3.63, 3.8) is 0 Å². The fraction of sp³-hybridized carbons (Fsp3) is 0.579. The molecular formula is C19H28ClN3O2. The summed E-state index contributed by atoms with van der Waals surface area (Å²) in [5.41, 5.74) is 7.05. The molecule has 2 aliphatic rings. The summed E-state index contributed by atoms with van der Waals surface area (Å²) in [6.45, 7) is 2.12. The fourth-order valence-corrected chi connectivity index (χ4v) is 3.73. The molecule has 2 fully saturated rings. The normalized spacial score (nSPS) is 20.8. The zero-order chi connectivity index (χ0) is 16.9. The third-order valence-electron chi connectivity index (χ3n) is 5.26. The Morgan fingerprint density at radius 2 is 1.92 bits per heavy atom. The number of carbonyl (C=O) groups is 2. The first-order valence-corrected chi connectivity index (χ1v) is 9.07. The quantitative estimate of drug-likeness (QED) is 0.861. The Labute approximate surface area is 155 Å². The predicted molar refractivity (Wildman–Crippen MR) is 102 cm³/mol. The van der Waals surface area contributed by atoms with Gasteiger partial charge in [-0.2, -0.15) is 0 Å². The average Bonchev–Trinajstić information content (AvgIpc) is 3.11. The highest BCUT2D eigenvalue weighted by molar-refractivity contribution is 5.97. The van der Waals surface area contributed by atoms with E-state index in [2.05, 4.69) is 5.32 Å². The van der Waals surface area contributed by atoms with Crippen LogP contribution in [0.15, 0.2) is 24.3 Å². The first kappa shape index (κ1) is 19.7.